The van der Waals surface area contributed by atoms with Crippen molar-refractivity contribution in [3.63, 3.8) is 0 Å². The smallest absolute Gasteiger partial charge is 0.115 e. The van der Waals surface area contributed by atoms with Gasteiger partial charge in [0.05, 0.1) is 0 Å². The van der Waals surface area contributed by atoms with E-state index in [1.54, 1.807) is 0 Å². The van der Waals surface area contributed by atoms with Crippen LogP contribution in [0.2, 0.25) is 0 Å². The number of aliphatic hydroxyl groups excluding tert-OH is 1. The standard InChI is InChI=1S/C9H20N2O/c1-3-4-5-6-7-11(2)8-9(10)12/h3,9,12H,1,4-8,10H2,2H3/t9-/m0/s1. The van der Waals surface area contributed by atoms with Crippen LogP contribution < -0.4 is 5.73 Å². The zero-order valence-corrected chi connectivity index (χ0v) is 7.87. The first-order valence-corrected chi connectivity index (χ1v) is 4.40. The van der Waals surface area contributed by atoms with E-state index in [1.807, 2.05) is 18.0 Å². The molecule has 0 radical (unpaired) electrons. The molecule has 0 saturated carbocycles. The van der Waals surface area contributed by atoms with Crippen LogP contribution in [0.3, 0.4) is 0 Å². The molecule has 0 aromatic heterocycles. The number of hydrogen-bond donors (Lipinski definition) is 2. The summed E-state index contributed by atoms with van der Waals surface area (Å²) in [6.45, 7) is 5.19. The number of rotatable bonds is 7. The van der Waals surface area contributed by atoms with E-state index in [4.69, 9.17) is 10.8 Å². The number of allylic oxidation sites excluding steroid dienone is 1. The molecule has 0 bridgehead atoms. The van der Waals surface area contributed by atoms with Crippen molar-refractivity contribution in [2.45, 2.75) is 25.5 Å². The normalized spacial score (nSPS) is 13.3. The molecule has 0 aromatic rings. The maximum absolute atomic E-state index is 8.85. The molecule has 3 N–H and O–H groups in total. The lowest BCUT2D eigenvalue weighted by atomic mass is 10.2. The molecule has 0 rings (SSSR count). The summed E-state index contributed by atoms with van der Waals surface area (Å²) in [4.78, 5) is 2.04. The summed E-state index contributed by atoms with van der Waals surface area (Å²) in [6.07, 6.45) is 4.58. The minimum absolute atomic E-state index is 0.550. The van der Waals surface area contributed by atoms with Gasteiger partial charge in [-0.25, -0.2) is 0 Å². The fourth-order valence-electron chi connectivity index (χ4n) is 1.08. The van der Waals surface area contributed by atoms with Crippen LogP contribution in [0, 0.1) is 0 Å². The molecule has 0 saturated heterocycles. The molecule has 0 heterocycles. The van der Waals surface area contributed by atoms with E-state index in [-0.39, 0.29) is 0 Å². The lowest BCUT2D eigenvalue weighted by molar-refractivity contribution is 0.130. The van der Waals surface area contributed by atoms with Crippen molar-refractivity contribution in [1.29, 1.82) is 0 Å². The molecule has 0 amide bonds. The number of likely N-dealkylation sites (N-methyl/N-ethyl adjacent to an activating group) is 1. The Labute approximate surface area is 74.9 Å². The van der Waals surface area contributed by atoms with Crippen molar-refractivity contribution in [3.8, 4) is 0 Å². The van der Waals surface area contributed by atoms with Crippen molar-refractivity contribution in [3.05, 3.63) is 12.7 Å². The van der Waals surface area contributed by atoms with Gasteiger partial charge in [0.1, 0.15) is 6.23 Å². The van der Waals surface area contributed by atoms with Crippen LogP contribution >= 0.6 is 0 Å². The maximum atomic E-state index is 8.85. The van der Waals surface area contributed by atoms with Gasteiger partial charge in [-0.05, 0) is 32.9 Å². The largest absolute Gasteiger partial charge is 0.377 e. The lowest BCUT2D eigenvalue weighted by Gasteiger charge is -2.17. The molecule has 12 heavy (non-hydrogen) atoms. The van der Waals surface area contributed by atoms with Gasteiger partial charge >= 0.3 is 0 Å². The number of nitrogens with two attached hydrogens (primary N) is 1. The van der Waals surface area contributed by atoms with Gasteiger partial charge in [-0.1, -0.05) is 6.08 Å². The summed E-state index contributed by atoms with van der Waals surface area (Å²) in [7, 11) is 1.96. The summed E-state index contributed by atoms with van der Waals surface area (Å²) in [5.41, 5.74) is 5.22. The highest BCUT2D eigenvalue weighted by Crippen LogP contribution is 1.97. The Morgan fingerprint density at radius 2 is 2.25 bits per heavy atom. The Morgan fingerprint density at radius 1 is 1.58 bits per heavy atom. The predicted octanol–water partition coefficient (Wildman–Crippen LogP) is 0.552. The van der Waals surface area contributed by atoms with Crippen molar-refractivity contribution in [1.82, 2.24) is 4.90 Å². The van der Waals surface area contributed by atoms with Gasteiger partial charge in [-0.15, -0.1) is 6.58 Å². The fraction of sp³-hybridized carbons (Fsp3) is 0.778. The minimum Gasteiger partial charge on any atom is -0.377 e. The first-order valence-electron chi connectivity index (χ1n) is 4.40. The van der Waals surface area contributed by atoms with Crippen LogP contribution in [0.25, 0.3) is 0 Å². The zero-order valence-electron chi connectivity index (χ0n) is 7.87. The Kier molecular flexibility index (Phi) is 7.05. The average Bonchev–Trinajstić information content (AvgIpc) is 1.97. The van der Waals surface area contributed by atoms with E-state index in [0.717, 1.165) is 25.8 Å². The van der Waals surface area contributed by atoms with E-state index >= 15 is 0 Å². The molecule has 0 spiro atoms. The third-order valence-electron chi connectivity index (χ3n) is 1.70. The van der Waals surface area contributed by atoms with E-state index < -0.39 is 6.23 Å². The van der Waals surface area contributed by atoms with Gasteiger partial charge < -0.3 is 15.7 Å². The third-order valence-corrected chi connectivity index (χ3v) is 1.70. The fourth-order valence-corrected chi connectivity index (χ4v) is 1.08. The lowest BCUT2D eigenvalue weighted by Crippen LogP contribution is -2.35. The van der Waals surface area contributed by atoms with Gasteiger partial charge in [0.15, 0.2) is 0 Å². The predicted molar refractivity (Wildman–Crippen MR) is 51.7 cm³/mol. The van der Waals surface area contributed by atoms with Crippen molar-refractivity contribution in [2.24, 2.45) is 5.73 Å². The molecule has 0 aliphatic heterocycles. The molecule has 72 valence electrons. The summed E-state index contributed by atoms with van der Waals surface area (Å²) < 4.78 is 0. The zero-order chi connectivity index (χ0) is 9.40. The highest BCUT2D eigenvalue weighted by molar-refractivity contribution is 4.66. The highest BCUT2D eigenvalue weighted by Gasteiger charge is 2.01. The van der Waals surface area contributed by atoms with Crippen LogP contribution in [-0.4, -0.2) is 36.4 Å². The Morgan fingerprint density at radius 3 is 2.75 bits per heavy atom. The van der Waals surface area contributed by atoms with E-state index in [2.05, 4.69) is 6.58 Å². The molecule has 1 atom stereocenters. The summed E-state index contributed by atoms with van der Waals surface area (Å²) >= 11 is 0. The van der Waals surface area contributed by atoms with Gasteiger partial charge in [0, 0.05) is 6.54 Å². The van der Waals surface area contributed by atoms with Crippen molar-refractivity contribution >= 4 is 0 Å². The SMILES string of the molecule is C=CCCCCN(C)C[C@@H](N)O. The molecule has 3 nitrogen and oxygen atoms in total. The van der Waals surface area contributed by atoms with E-state index in [0.29, 0.717) is 6.54 Å². The van der Waals surface area contributed by atoms with Crippen LogP contribution in [0.1, 0.15) is 19.3 Å². The summed E-state index contributed by atoms with van der Waals surface area (Å²) in [5, 5.41) is 8.85. The molecule has 0 aromatic carbocycles. The van der Waals surface area contributed by atoms with Crippen LogP contribution in [0.5, 0.6) is 0 Å². The quantitative estimate of drug-likeness (QED) is 0.335. The van der Waals surface area contributed by atoms with Gasteiger partial charge in [-0.3, -0.25) is 0 Å². The van der Waals surface area contributed by atoms with Gasteiger partial charge in [0.2, 0.25) is 0 Å². The van der Waals surface area contributed by atoms with Crippen molar-refractivity contribution < 1.29 is 5.11 Å². The van der Waals surface area contributed by atoms with Crippen LogP contribution in [0.15, 0.2) is 12.7 Å². The average molecular weight is 172 g/mol. The molecule has 0 unspecified atom stereocenters. The second-order valence-electron chi connectivity index (χ2n) is 3.11. The van der Waals surface area contributed by atoms with Crippen LogP contribution in [-0.2, 0) is 0 Å². The number of hydrogen-bond acceptors (Lipinski definition) is 3. The van der Waals surface area contributed by atoms with E-state index in [1.165, 1.54) is 0 Å². The minimum atomic E-state index is -0.714. The first-order chi connectivity index (χ1) is 5.66. The molecule has 0 aliphatic carbocycles. The number of unbranched alkanes of at least 4 members (excludes halogenated alkanes) is 2. The number of aliphatic hydroxyl groups is 1. The molecular formula is C9H20N2O. The van der Waals surface area contributed by atoms with Gasteiger partial charge in [-0.2, -0.15) is 0 Å². The Hall–Kier alpha value is -0.380. The third kappa shape index (κ3) is 7.72. The summed E-state index contributed by atoms with van der Waals surface area (Å²) in [6, 6.07) is 0. The summed E-state index contributed by atoms with van der Waals surface area (Å²) in [5.74, 6) is 0. The van der Waals surface area contributed by atoms with E-state index in [9.17, 15) is 0 Å². The Bertz CT molecular complexity index is 115. The molecular weight excluding hydrogens is 152 g/mol. The Balaban J connectivity index is 3.19. The topological polar surface area (TPSA) is 49.5 Å². The number of nitrogens with zero attached hydrogens (tertiary/aromatic N) is 1. The molecule has 0 fully saturated rings. The van der Waals surface area contributed by atoms with Gasteiger partial charge in [0.25, 0.3) is 0 Å². The second-order valence-corrected chi connectivity index (χ2v) is 3.11. The van der Waals surface area contributed by atoms with Crippen molar-refractivity contribution in [2.75, 3.05) is 20.1 Å². The molecule has 3 heteroatoms. The second kappa shape index (κ2) is 7.28. The van der Waals surface area contributed by atoms with Crippen LogP contribution in [0.4, 0.5) is 0 Å². The first kappa shape index (κ1) is 11.6. The highest BCUT2D eigenvalue weighted by atomic mass is 16.3. The molecule has 0 aliphatic rings. The monoisotopic (exact) mass is 172 g/mol. The maximum Gasteiger partial charge on any atom is 0.115 e.